The summed E-state index contributed by atoms with van der Waals surface area (Å²) in [6.07, 6.45) is 11.1. The van der Waals surface area contributed by atoms with Gasteiger partial charge in [0.05, 0.1) is 6.20 Å². The van der Waals surface area contributed by atoms with Crippen LogP contribution in [0.1, 0.15) is 56.7 Å². The van der Waals surface area contributed by atoms with E-state index in [2.05, 4.69) is 24.3 Å². The van der Waals surface area contributed by atoms with Crippen LogP contribution in [0.25, 0.3) is 0 Å². The van der Waals surface area contributed by atoms with E-state index in [1.165, 1.54) is 49.8 Å². The van der Waals surface area contributed by atoms with Gasteiger partial charge in [-0.2, -0.15) is 5.10 Å². The molecule has 3 heteroatoms. The van der Waals surface area contributed by atoms with E-state index < -0.39 is 0 Å². The van der Waals surface area contributed by atoms with Gasteiger partial charge in [-0.05, 0) is 75.5 Å². The molecule has 0 saturated heterocycles. The van der Waals surface area contributed by atoms with Gasteiger partial charge in [-0.1, -0.05) is 0 Å². The second kappa shape index (κ2) is 4.84. The first-order valence-corrected chi connectivity index (χ1v) is 8.76. The standard InChI is InChI=1S/C18H29N3/c1-12-17(11-20-21(12)3)10-19-13(2)18-7-14-4-15(8-18)6-16(5-14)9-18/h11,13-16,19H,4-10H2,1-3H3. The molecule has 1 aromatic heterocycles. The monoisotopic (exact) mass is 287 g/mol. The summed E-state index contributed by atoms with van der Waals surface area (Å²) < 4.78 is 1.98. The molecule has 1 atom stereocenters. The van der Waals surface area contributed by atoms with Crippen molar-refractivity contribution in [2.24, 2.45) is 30.2 Å². The summed E-state index contributed by atoms with van der Waals surface area (Å²) in [5, 5.41) is 8.22. The minimum atomic E-state index is 0.602. The van der Waals surface area contributed by atoms with Crippen LogP contribution < -0.4 is 5.32 Å². The highest BCUT2D eigenvalue weighted by Crippen LogP contribution is 2.61. The number of aromatic nitrogens is 2. The molecule has 5 rings (SSSR count). The summed E-state index contributed by atoms with van der Waals surface area (Å²) in [5.74, 6) is 3.13. The lowest BCUT2D eigenvalue weighted by atomic mass is 9.48. The maximum Gasteiger partial charge on any atom is 0.0537 e. The van der Waals surface area contributed by atoms with Crippen molar-refractivity contribution in [3.63, 3.8) is 0 Å². The van der Waals surface area contributed by atoms with Crippen LogP contribution in [0, 0.1) is 30.1 Å². The van der Waals surface area contributed by atoms with Gasteiger partial charge in [-0.3, -0.25) is 4.68 Å². The van der Waals surface area contributed by atoms with E-state index >= 15 is 0 Å². The van der Waals surface area contributed by atoms with E-state index in [1.54, 1.807) is 0 Å². The molecule has 0 amide bonds. The van der Waals surface area contributed by atoms with Gasteiger partial charge < -0.3 is 5.32 Å². The van der Waals surface area contributed by atoms with Crippen LogP contribution in [0.3, 0.4) is 0 Å². The summed E-state index contributed by atoms with van der Waals surface area (Å²) in [6.45, 7) is 5.58. The maximum absolute atomic E-state index is 4.36. The zero-order chi connectivity index (χ0) is 14.6. The molecule has 0 aromatic carbocycles. The van der Waals surface area contributed by atoms with E-state index in [4.69, 9.17) is 0 Å². The van der Waals surface area contributed by atoms with Crippen LogP contribution in [-0.2, 0) is 13.6 Å². The molecular formula is C18H29N3. The van der Waals surface area contributed by atoms with Crippen LogP contribution in [0.4, 0.5) is 0 Å². The molecule has 21 heavy (non-hydrogen) atoms. The zero-order valence-corrected chi connectivity index (χ0v) is 13.7. The Morgan fingerprint density at radius 1 is 1.24 bits per heavy atom. The number of rotatable bonds is 4. The summed E-state index contributed by atoms with van der Waals surface area (Å²) in [6, 6.07) is 0.644. The Labute approximate surface area is 128 Å². The lowest BCUT2D eigenvalue weighted by Crippen LogP contribution is -2.54. The van der Waals surface area contributed by atoms with Crippen molar-refractivity contribution in [2.75, 3.05) is 0 Å². The molecule has 4 aliphatic rings. The van der Waals surface area contributed by atoms with Gasteiger partial charge in [0.2, 0.25) is 0 Å². The molecule has 1 heterocycles. The van der Waals surface area contributed by atoms with Crippen LogP contribution in [0.2, 0.25) is 0 Å². The molecule has 4 aliphatic carbocycles. The van der Waals surface area contributed by atoms with Gasteiger partial charge in [0.15, 0.2) is 0 Å². The minimum absolute atomic E-state index is 0.602. The number of aryl methyl sites for hydroxylation is 1. The van der Waals surface area contributed by atoms with Gasteiger partial charge in [0.25, 0.3) is 0 Å². The van der Waals surface area contributed by atoms with Crippen molar-refractivity contribution in [2.45, 2.75) is 65.0 Å². The first-order chi connectivity index (χ1) is 10.1. The van der Waals surface area contributed by atoms with E-state index in [0.29, 0.717) is 11.5 Å². The maximum atomic E-state index is 4.36. The molecule has 4 fully saturated rings. The molecule has 0 spiro atoms. The fourth-order valence-electron chi connectivity index (χ4n) is 5.91. The highest BCUT2D eigenvalue weighted by molar-refractivity contribution is 5.16. The third-order valence-electron chi connectivity index (χ3n) is 6.94. The normalized spacial score (nSPS) is 38.9. The van der Waals surface area contributed by atoms with Crippen LogP contribution in [-0.4, -0.2) is 15.8 Å². The van der Waals surface area contributed by atoms with Crippen molar-refractivity contribution in [3.8, 4) is 0 Å². The third kappa shape index (κ3) is 2.25. The summed E-state index contributed by atoms with van der Waals surface area (Å²) in [4.78, 5) is 0. The average molecular weight is 287 g/mol. The third-order valence-corrected chi connectivity index (χ3v) is 6.94. The average Bonchev–Trinajstić information content (AvgIpc) is 2.75. The molecule has 116 valence electrons. The lowest BCUT2D eigenvalue weighted by Gasteiger charge is -2.59. The molecule has 0 radical (unpaired) electrons. The number of hydrogen-bond acceptors (Lipinski definition) is 2. The Balaban J connectivity index is 1.45. The largest absolute Gasteiger partial charge is 0.310 e. The van der Waals surface area contributed by atoms with E-state index in [1.807, 2.05) is 17.9 Å². The molecule has 0 aliphatic heterocycles. The number of nitrogens with zero attached hydrogens (tertiary/aromatic N) is 2. The zero-order valence-electron chi connectivity index (χ0n) is 13.7. The molecule has 1 aromatic rings. The number of nitrogens with one attached hydrogen (secondary N) is 1. The second-order valence-electron chi connectivity index (χ2n) is 8.26. The molecule has 4 saturated carbocycles. The predicted molar refractivity (Wildman–Crippen MR) is 84.9 cm³/mol. The highest BCUT2D eigenvalue weighted by atomic mass is 15.3. The smallest absolute Gasteiger partial charge is 0.0537 e. The first kappa shape index (κ1) is 13.8. The van der Waals surface area contributed by atoms with Gasteiger partial charge >= 0.3 is 0 Å². The number of hydrogen-bond donors (Lipinski definition) is 1. The van der Waals surface area contributed by atoms with Crippen LogP contribution in [0.5, 0.6) is 0 Å². The SMILES string of the molecule is Cc1c(CNC(C)C23CC4CC(CC(C4)C2)C3)cnn1C. The Kier molecular flexibility index (Phi) is 3.18. The Bertz CT molecular complexity index is 495. The molecular weight excluding hydrogens is 258 g/mol. The Hall–Kier alpha value is -0.830. The van der Waals surface area contributed by atoms with Crippen molar-refractivity contribution in [1.82, 2.24) is 15.1 Å². The van der Waals surface area contributed by atoms with Crippen molar-refractivity contribution < 1.29 is 0 Å². The fraction of sp³-hybridized carbons (Fsp3) is 0.833. The molecule has 1 unspecified atom stereocenters. The van der Waals surface area contributed by atoms with Gasteiger partial charge in [-0.25, -0.2) is 0 Å². The van der Waals surface area contributed by atoms with E-state index in [0.717, 1.165) is 24.3 Å². The molecule has 3 nitrogen and oxygen atoms in total. The van der Waals surface area contributed by atoms with Gasteiger partial charge in [-0.15, -0.1) is 0 Å². The highest BCUT2D eigenvalue weighted by Gasteiger charge is 2.52. The van der Waals surface area contributed by atoms with Crippen molar-refractivity contribution in [1.29, 1.82) is 0 Å². The molecule has 1 N–H and O–H groups in total. The van der Waals surface area contributed by atoms with Crippen molar-refractivity contribution >= 4 is 0 Å². The first-order valence-electron chi connectivity index (χ1n) is 8.76. The van der Waals surface area contributed by atoms with Crippen LogP contribution in [0.15, 0.2) is 6.20 Å². The Morgan fingerprint density at radius 3 is 2.29 bits per heavy atom. The second-order valence-corrected chi connectivity index (χ2v) is 8.26. The quantitative estimate of drug-likeness (QED) is 0.919. The lowest BCUT2D eigenvalue weighted by molar-refractivity contribution is -0.0706. The fourth-order valence-corrected chi connectivity index (χ4v) is 5.91. The summed E-state index contributed by atoms with van der Waals surface area (Å²) in [7, 11) is 2.03. The van der Waals surface area contributed by atoms with E-state index in [9.17, 15) is 0 Å². The minimum Gasteiger partial charge on any atom is -0.310 e. The van der Waals surface area contributed by atoms with Gasteiger partial charge in [0, 0.05) is 30.9 Å². The van der Waals surface area contributed by atoms with E-state index in [-0.39, 0.29) is 0 Å². The Morgan fingerprint density at radius 2 is 1.81 bits per heavy atom. The van der Waals surface area contributed by atoms with Crippen molar-refractivity contribution in [3.05, 3.63) is 17.5 Å². The molecule has 4 bridgehead atoms. The van der Waals surface area contributed by atoms with Crippen LogP contribution >= 0.6 is 0 Å². The topological polar surface area (TPSA) is 29.9 Å². The van der Waals surface area contributed by atoms with Gasteiger partial charge in [0.1, 0.15) is 0 Å². The summed E-state index contributed by atoms with van der Waals surface area (Å²) in [5.41, 5.74) is 3.25. The predicted octanol–water partition coefficient (Wildman–Crippen LogP) is 3.42. The summed E-state index contributed by atoms with van der Waals surface area (Å²) >= 11 is 0.